The van der Waals surface area contributed by atoms with E-state index in [1.807, 2.05) is 153 Å². The highest BCUT2D eigenvalue weighted by Crippen LogP contribution is 2.34. The lowest BCUT2D eigenvalue weighted by molar-refractivity contribution is -0.386. The first-order chi connectivity index (χ1) is 46.4. The Morgan fingerprint density at radius 1 is 0.304 bits per heavy atom. The summed E-state index contributed by atoms with van der Waals surface area (Å²) < 4.78 is 0. The average Bonchev–Trinajstić information content (AvgIpc) is 0.830. The maximum atomic E-state index is 10.9. The molecule has 0 aliphatic carbocycles. The Bertz CT molecular complexity index is 3950. The molecule has 0 spiro atoms. The number of benzene rings is 6. The smallest absolute Gasteiger partial charge is 0.342 e. The molecular formula is C80H106N8O14. The summed E-state index contributed by atoms with van der Waals surface area (Å²) >= 11 is 0. The highest BCUT2D eigenvalue weighted by molar-refractivity contribution is 5.92. The van der Waals surface area contributed by atoms with E-state index in [1.165, 1.54) is 42.1 Å². The highest BCUT2D eigenvalue weighted by atomic mass is 16.6. The molecule has 0 saturated heterocycles. The van der Waals surface area contributed by atoms with E-state index < -0.39 is 15.8 Å². The summed E-state index contributed by atoms with van der Waals surface area (Å²) in [6.07, 6.45) is 3.30. The van der Waals surface area contributed by atoms with Crippen LogP contribution in [0.2, 0.25) is 0 Å². The van der Waals surface area contributed by atoms with E-state index in [9.17, 15) is 65.5 Å². The van der Waals surface area contributed by atoms with Crippen molar-refractivity contribution in [3.63, 3.8) is 0 Å². The van der Waals surface area contributed by atoms with Crippen molar-refractivity contribution in [2.24, 2.45) is 0 Å². The van der Waals surface area contributed by atoms with Crippen molar-refractivity contribution in [1.29, 1.82) is 0 Å². The van der Waals surface area contributed by atoms with Crippen LogP contribution in [-0.4, -0.2) is 50.6 Å². The topological polar surface area (TPSA) is 322 Å². The molecule has 6 aromatic carbocycles. The third kappa shape index (κ3) is 31.8. The van der Waals surface area contributed by atoms with Crippen LogP contribution >= 0.6 is 0 Å². The molecule has 0 atom stereocenters. The van der Waals surface area contributed by atoms with Gasteiger partial charge < -0.3 is 5.11 Å². The number of nitro benzene ring substituents is 5. The molecule has 550 valence electrons. The van der Waals surface area contributed by atoms with E-state index >= 15 is 0 Å². The summed E-state index contributed by atoms with van der Waals surface area (Å²) in [6, 6.07) is 49.4. The Hall–Kier alpha value is -10.5. The minimum Gasteiger partial charge on any atom is -0.477 e. The standard InChI is InChI=1S/C11H13NO4.C11H15NO2.3C10H13NO2.C10H14.C9H12N2O2.C9H13N/c1-11(2,3)7-4-5-9(12(15)16)8(6-7)10(13)14;1-8-5-6-9(11(2,3)4)10(7-8)12(13)14;1-10(2,3)8-4-6-9(7-5-8)11(12)13;1-10(2,3)8-5-4-6-9(7-8)11(12)13;1-10(2,3)8-6-4-5-7-9(8)11(12)13;1-10(2,3)9-7-5-4-6-8-9;1-9(2,3)8-6-7(11(12)13)4-5-10-8;1-9(2,3)8-6-4-5-7-10-8/h4-6H,1-3H3,(H,13,14);5-7H,1-4H3;3*4-7H,1-3H3;4-8H,1-3H3;4-6H,1-3H3;4-7H,1-3H3. The fraction of sp³-hybridized carbons (Fsp3) is 0.412. The predicted octanol–water partition coefficient (Wildman–Crippen LogP) is 22.1. The van der Waals surface area contributed by atoms with Crippen molar-refractivity contribution >= 4 is 40.1 Å². The molecule has 8 aromatic rings. The van der Waals surface area contributed by atoms with E-state index in [4.69, 9.17) is 5.11 Å². The van der Waals surface area contributed by atoms with Crippen LogP contribution in [-0.2, 0) is 43.3 Å². The molecular weight excluding hydrogens is 1300 g/mol. The van der Waals surface area contributed by atoms with Gasteiger partial charge in [0.2, 0.25) is 0 Å². The lowest BCUT2D eigenvalue weighted by Crippen LogP contribution is -2.13. The third-order valence-electron chi connectivity index (χ3n) is 15.0. The summed E-state index contributed by atoms with van der Waals surface area (Å²) in [7, 11) is 0. The molecule has 0 fully saturated rings. The number of non-ortho nitro benzene ring substituents is 2. The maximum absolute atomic E-state index is 10.9. The first-order valence-electron chi connectivity index (χ1n) is 33.0. The Morgan fingerprint density at radius 2 is 0.696 bits per heavy atom. The van der Waals surface area contributed by atoms with Crippen LogP contribution in [0.3, 0.4) is 0 Å². The van der Waals surface area contributed by atoms with Crippen LogP contribution in [0.4, 0.5) is 34.1 Å². The number of carbonyl (C=O) groups is 1. The summed E-state index contributed by atoms with van der Waals surface area (Å²) in [5.74, 6) is -1.28. The first-order valence-corrected chi connectivity index (χ1v) is 33.0. The molecule has 0 amide bonds. The van der Waals surface area contributed by atoms with Crippen LogP contribution in [0.5, 0.6) is 0 Å². The number of aromatic nitrogens is 2. The summed E-state index contributed by atoms with van der Waals surface area (Å²) in [6.45, 7) is 50.9. The number of nitrogens with zero attached hydrogens (tertiary/aromatic N) is 8. The zero-order chi connectivity index (χ0) is 78.9. The van der Waals surface area contributed by atoms with Crippen molar-refractivity contribution in [2.75, 3.05) is 0 Å². The summed E-state index contributed by atoms with van der Waals surface area (Å²) in [4.78, 5) is 80.2. The second-order valence-electron chi connectivity index (χ2n) is 32.2. The SMILES string of the molecule is CC(C)(C)c1cc([N+](=O)[O-])ccn1.CC(C)(C)c1ccc([N+](=O)[O-])c(C(=O)O)c1.CC(C)(C)c1ccc([N+](=O)[O-])cc1.CC(C)(C)c1cccc([N+](=O)[O-])c1.CC(C)(C)c1ccccc1.CC(C)(C)c1ccccc1[N+](=O)[O-].CC(C)(C)c1ccccn1.Cc1ccc(C(C)(C)C)c([N+](=O)[O-])c1. The number of aryl methyl sites for hydroxylation is 1. The van der Waals surface area contributed by atoms with Gasteiger partial charge in [-0.3, -0.25) is 70.7 Å². The van der Waals surface area contributed by atoms with Gasteiger partial charge in [0.1, 0.15) is 5.56 Å². The molecule has 0 aliphatic rings. The first kappa shape index (κ1) is 89.5. The Morgan fingerprint density at radius 3 is 1.08 bits per heavy atom. The van der Waals surface area contributed by atoms with Gasteiger partial charge in [0.15, 0.2) is 0 Å². The number of nitro groups is 6. The number of carboxylic acid groups (broad SMARTS) is 1. The highest BCUT2D eigenvalue weighted by Gasteiger charge is 2.27. The van der Waals surface area contributed by atoms with Gasteiger partial charge in [-0.05, 0) is 85.4 Å². The molecule has 2 heterocycles. The van der Waals surface area contributed by atoms with E-state index in [0.29, 0.717) is 5.41 Å². The van der Waals surface area contributed by atoms with E-state index in [1.54, 1.807) is 66.7 Å². The summed E-state index contributed by atoms with van der Waals surface area (Å²) in [5.41, 5.74) is 8.56. The zero-order valence-corrected chi connectivity index (χ0v) is 64.2. The van der Waals surface area contributed by atoms with E-state index in [2.05, 4.69) is 109 Å². The van der Waals surface area contributed by atoms with Gasteiger partial charge in [0.05, 0.1) is 35.2 Å². The number of carboxylic acids is 1. The fourth-order valence-corrected chi connectivity index (χ4v) is 8.88. The maximum Gasteiger partial charge on any atom is 0.342 e. The molecule has 0 saturated carbocycles. The van der Waals surface area contributed by atoms with Crippen molar-refractivity contribution in [3.05, 3.63) is 299 Å². The lowest BCUT2D eigenvalue weighted by atomic mass is 9.85. The molecule has 22 heteroatoms. The van der Waals surface area contributed by atoms with Crippen LogP contribution in [0.1, 0.15) is 227 Å². The Kier molecular flexibility index (Phi) is 33.2. The fourth-order valence-electron chi connectivity index (χ4n) is 8.88. The number of hydrogen-bond donors (Lipinski definition) is 1. The lowest BCUT2D eigenvalue weighted by Gasteiger charge is -2.19. The molecule has 0 unspecified atom stereocenters. The van der Waals surface area contributed by atoms with Crippen molar-refractivity contribution in [1.82, 2.24) is 9.97 Å². The molecule has 0 bridgehead atoms. The van der Waals surface area contributed by atoms with Crippen molar-refractivity contribution < 1.29 is 39.4 Å². The third-order valence-corrected chi connectivity index (χ3v) is 15.0. The molecule has 2 aromatic heterocycles. The minimum atomic E-state index is -1.28. The van der Waals surface area contributed by atoms with Crippen LogP contribution in [0.15, 0.2) is 182 Å². The Labute approximate surface area is 602 Å². The quantitative estimate of drug-likeness (QED) is 0.114. The normalized spacial score (nSPS) is 11.3. The number of rotatable bonds is 7. The van der Waals surface area contributed by atoms with Gasteiger partial charge in [0, 0.05) is 94.6 Å². The van der Waals surface area contributed by atoms with E-state index in [0.717, 1.165) is 44.8 Å². The molecule has 22 nitrogen and oxygen atoms in total. The van der Waals surface area contributed by atoms with Crippen LogP contribution in [0, 0.1) is 67.6 Å². The van der Waals surface area contributed by atoms with Crippen molar-refractivity contribution in [3.8, 4) is 0 Å². The monoisotopic (exact) mass is 1400 g/mol. The number of hydrogen-bond acceptors (Lipinski definition) is 15. The largest absolute Gasteiger partial charge is 0.477 e. The molecule has 102 heavy (non-hydrogen) atoms. The number of aromatic carboxylic acids is 1. The second-order valence-corrected chi connectivity index (χ2v) is 32.2. The molecule has 0 radical (unpaired) electrons. The zero-order valence-electron chi connectivity index (χ0n) is 64.2. The molecule has 1 N–H and O–H groups in total. The van der Waals surface area contributed by atoms with Crippen LogP contribution in [0.25, 0.3) is 0 Å². The summed E-state index contributed by atoms with van der Waals surface area (Å²) in [5, 5.41) is 72.3. The van der Waals surface area contributed by atoms with Crippen LogP contribution < -0.4 is 0 Å². The van der Waals surface area contributed by atoms with E-state index in [-0.39, 0.29) is 97.3 Å². The Balaban J connectivity index is 0.000000585. The van der Waals surface area contributed by atoms with Gasteiger partial charge in [-0.2, -0.15) is 0 Å². The number of pyridine rings is 2. The minimum absolute atomic E-state index is 0.0357. The van der Waals surface area contributed by atoms with Gasteiger partial charge in [0.25, 0.3) is 34.1 Å². The van der Waals surface area contributed by atoms with Gasteiger partial charge in [-0.25, -0.2) is 4.79 Å². The van der Waals surface area contributed by atoms with Crippen molar-refractivity contribution in [2.45, 2.75) is 216 Å². The second kappa shape index (κ2) is 37.8. The van der Waals surface area contributed by atoms with Gasteiger partial charge in [-0.1, -0.05) is 263 Å². The van der Waals surface area contributed by atoms with Gasteiger partial charge in [-0.15, -0.1) is 0 Å². The van der Waals surface area contributed by atoms with Gasteiger partial charge >= 0.3 is 5.97 Å². The average molecular weight is 1400 g/mol. The molecule has 8 rings (SSSR count). The predicted molar refractivity (Wildman–Crippen MR) is 408 cm³/mol. The number of para-hydroxylation sites is 1. The molecule has 0 aliphatic heterocycles.